The van der Waals surface area contributed by atoms with Crippen molar-refractivity contribution < 1.29 is 9.53 Å². The molecule has 0 amide bonds. The molecule has 0 saturated carbocycles. The first-order valence-electron chi connectivity index (χ1n) is 5.62. The van der Waals surface area contributed by atoms with Crippen LogP contribution in [0.15, 0.2) is 42.5 Å². The lowest BCUT2D eigenvalue weighted by Gasteiger charge is -2.08. The molecule has 0 atom stereocenters. The molecule has 0 fully saturated rings. The van der Waals surface area contributed by atoms with E-state index < -0.39 is 0 Å². The van der Waals surface area contributed by atoms with Crippen LogP contribution in [0.4, 0.5) is 0 Å². The molecule has 0 unspecified atom stereocenters. The molecule has 2 aromatic rings. The standard InChI is InChI=1S/C15H12O2/c1-10-5-4-8-13-14(16)12-7-3-2-6-11(12)9-17-15(10)13/h2-8H,9H2,1H3. The summed E-state index contributed by atoms with van der Waals surface area (Å²) in [4.78, 5) is 12.4. The fraction of sp³-hybridized carbons (Fsp3) is 0.133. The lowest BCUT2D eigenvalue weighted by Crippen LogP contribution is -2.02. The number of aryl methyl sites for hydroxylation is 1. The SMILES string of the molecule is Cc1cccc2c1OCc1ccccc1C2=O. The average molecular weight is 224 g/mol. The minimum absolute atomic E-state index is 0.0526. The highest BCUT2D eigenvalue weighted by Crippen LogP contribution is 2.30. The van der Waals surface area contributed by atoms with Crippen molar-refractivity contribution in [1.29, 1.82) is 0 Å². The molecule has 2 aromatic carbocycles. The van der Waals surface area contributed by atoms with Crippen molar-refractivity contribution in [1.82, 2.24) is 0 Å². The highest BCUT2D eigenvalue weighted by atomic mass is 16.5. The Bertz CT molecular complexity index is 600. The summed E-state index contributed by atoms with van der Waals surface area (Å²) in [7, 11) is 0. The molecule has 84 valence electrons. The fourth-order valence-electron chi connectivity index (χ4n) is 2.19. The van der Waals surface area contributed by atoms with Crippen LogP contribution in [0.3, 0.4) is 0 Å². The number of hydrogen-bond donors (Lipinski definition) is 0. The van der Waals surface area contributed by atoms with Crippen molar-refractivity contribution in [3.05, 3.63) is 64.7 Å². The van der Waals surface area contributed by atoms with Crippen molar-refractivity contribution in [3.8, 4) is 5.75 Å². The van der Waals surface area contributed by atoms with Gasteiger partial charge in [0.2, 0.25) is 0 Å². The van der Waals surface area contributed by atoms with Crippen LogP contribution in [0.5, 0.6) is 5.75 Å². The highest BCUT2D eigenvalue weighted by Gasteiger charge is 2.22. The first-order chi connectivity index (χ1) is 8.27. The first kappa shape index (κ1) is 10.1. The summed E-state index contributed by atoms with van der Waals surface area (Å²) in [5.41, 5.74) is 3.36. The zero-order valence-corrected chi connectivity index (χ0v) is 9.57. The van der Waals surface area contributed by atoms with Gasteiger partial charge in [-0.15, -0.1) is 0 Å². The van der Waals surface area contributed by atoms with E-state index in [1.54, 1.807) is 0 Å². The van der Waals surface area contributed by atoms with Crippen LogP contribution in [0.1, 0.15) is 27.0 Å². The zero-order chi connectivity index (χ0) is 11.8. The largest absolute Gasteiger partial charge is 0.488 e. The Balaban J connectivity index is 2.24. The van der Waals surface area contributed by atoms with E-state index in [-0.39, 0.29) is 5.78 Å². The van der Waals surface area contributed by atoms with Crippen LogP contribution in [-0.2, 0) is 6.61 Å². The van der Waals surface area contributed by atoms with Gasteiger partial charge in [0.1, 0.15) is 12.4 Å². The van der Waals surface area contributed by atoms with Crippen molar-refractivity contribution in [2.24, 2.45) is 0 Å². The third-order valence-electron chi connectivity index (χ3n) is 3.09. The number of hydrogen-bond acceptors (Lipinski definition) is 2. The summed E-state index contributed by atoms with van der Waals surface area (Å²) < 4.78 is 5.76. The van der Waals surface area contributed by atoms with Gasteiger partial charge < -0.3 is 4.74 Å². The number of carbonyl (C=O) groups is 1. The molecule has 0 saturated heterocycles. The molecular formula is C15H12O2. The molecule has 3 rings (SSSR count). The van der Waals surface area contributed by atoms with E-state index in [2.05, 4.69) is 0 Å². The summed E-state index contributed by atoms with van der Waals surface area (Å²) in [5, 5.41) is 0. The molecule has 1 aliphatic rings. The van der Waals surface area contributed by atoms with Crippen LogP contribution >= 0.6 is 0 Å². The van der Waals surface area contributed by atoms with Crippen LogP contribution in [0.25, 0.3) is 0 Å². The monoisotopic (exact) mass is 224 g/mol. The lowest BCUT2D eigenvalue weighted by molar-refractivity contribution is 0.103. The summed E-state index contributed by atoms with van der Waals surface area (Å²) in [6.07, 6.45) is 0. The Kier molecular flexibility index (Phi) is 2.22. The van der Waals surface area contributed by atoms with E-state index in [9.17, 15) is 4.79 Å². The smallest absolute Gasteiger partial charge is 0.197 e. The van der Waals surface area contributed by atoms with Gasteiger partial charge in [0, 0.05) is 11.1 Å². The molecule has 0 N–H and O–H groups in total. The Labute approximate surface area is 99.9 Å². The van der Waals surface area contributed by atoms with Gasteiger partial charge in [-0.05, 0) is 18.6 Å². The van der Waals surface area contributed by atoms with Crippen molar-refractivity contribution in [2.75, 3.05) is 0 Å². The molecule has 0 aromatic heterocycles. The molecule has 0 radical (unpaired) electrons. The Morgan fingerprint density at radius 3 is 2.65 bits per heavy atom. The van der Waals surface area contributed by atoms with E-state index in [4.69, 9.17) is 4.74 Å². The second-order valence-electron chi connectivity index (χ2n) is 4.23. The summed E-state index contributed by atoms with van der Waals surface area (Å²) in [6.45, 7) is 2.42. The molecule has 1 heterocycles. The van der Waals surface area contributed by atoms with Gasteiger partial charge in [-0.2, -0.15) is 0 Å². The Hall–Kier alpha value is -2.09. The molecular weight excluding hydrogens is 212 g/mol. The van der Waals surface area contributed by atoms with Gasteiger partial charge in [0.15, 0.2) is 5.78 Å². The van der Waals surface area contributed by atoms with Crippen LogP contribution < -0.4 is 4.74 Å². The normalized spacial score (nSPS) is 13.4. The number of rotatable bonds is 0. The van der Waals surface area contributed by atoms with Gasteiger partial charge in [0.05, 0.1) is 5.56 Å². The van der Waals surface area contributed by atoms with Gasteiger partial charge >= 0.3 is 0 Å². The quantitative estimate of drug-likeness (QED) is 0.687. The molecule has 1 aliphatic heterocycles. The first-order valence-corrected chi connectivity index (χ1v) is 5.62. The zero-order valence-electron chi connectivity index (χ0n) is 9.57. The lowest BCUT2D eigenvalue weighted by atomic mass is 9.98. The predicted molar refractivity (Wildman–Crippen MR) is 65.4 cm³/mol. The van der Waals surface area contributed by atoms with Gasteiger partial charge in [0.25, 0.3) is 0 Å². The topological polar surface area (TPSA) is 26.3 Å². The number of para-hydroxylation sites is 1. The Morgan fingerprint density at radius 1 is 1.00 bits per heavy atom. The fourth-order valence-corrected chi connectivity index (χ4v) is 2.19. The molecule has 0 spiro atoms. The highest BCUT2D eigenvalue weighted by molar-refractivity contribution is 6.12. The van der Waals surface area contributed by atoms with Crippen LogP contribution in [0.2, 0.25) is 0 Å². The van der Waals surface area contributed by atoms with E-state index >= 15 is 0 Å². The maximum Gasteiger partial charge on any atom is 0.197 e. The third kappa shape index (κ3) is 1.53. The van der Waals surface area contributed by atoms with E-state index in [1.807, 2.05) is 49.4 Å². The molecule has 2 heteroatoms. The van der Waals surface area contributed by atoms with Gasteiger partial charge in [-0.25, -0.2) is 0 Å². The van der Waals surface area contributed by atoms with Crippen molar-refractivity contribution in [3.63, 3.8) is 0 Å². The number of fused-ring (bicyclic) bond motifs is 2. The third-order valence-corrected chi connectivity index (χ3v) is 3.09. The van der Waals surface area contributed by atoms with E-state index in [0.717, 1.165) is 16.7 Å². The minimum atomic E-state index is 0.0526. The maximum absolute atomic E-state index is 12.4. The average Bonchev–Trinajstić information content (AvgIpc) is 2.50. The van der Waals surface area contributed by atoms with Crippen molar-refractivity contribution >= 4 is 5.78 Å². The Morgan fingerprint density at radius 2 is 1.76 bits per heavy atom. The number of carbonyl (C=O) groups excluding carboxylic acids is 1. The minimum Gasteiger partial charge on any atom is -0.488 e. The van der Waals surface area contributed by atoms with Gasteiger partial charge in [-0.3, -0.25) is 4.79 Å². The van der Waals surface area contributed by atoms with E-state index in [1.165, 1.54) is 0 Å². The summed E-state index contributed by atoms with van der Waals surface area (Å²) in [5.74, 6) is 0.769. The molecule has 17 heavy (non-hydrogen) atoms. The molecule has 2 nitrogen and oxygen atoms in total. The second kappa shape index (κ2) is 3.74. The van der Waals surface area contributed by atoms with Crippen LogP contribution in [-0.4, -0.2) is 5.78 Å². The predicted octanol–water partition coefficient (Wildman–Crippen LogP) is 3.12. The van der Waals surface area contributed by atoms with Crippen molar-refractivity contribution in [2.45, 2.75) is 13.5 Å². The van der Waals surface area contributed by atoms with Crippen LogP contribution in [0, 0.1) is 6.92 Å². The number of ketones is 1. The number of ether oxygens (including phenoxy) is 1. The molecule has 0 bridgehead atoms. The summed E-state index contributed by atoms with van der Waals surface area (Å²) in [6, 6.07) is 13.3. The number of benzene rings is 2. The second-order valence-corrected chi connectivity index (χ2v) is 4.23. The maximum atomic E-state index is 12.4. The van der Waals surface area contributed by atoms with E-state index in [0.29, 0.717) is 17.9 Å². The molecule has 0 aliphatic carbocycles. The van der Waals surface area contributed by atoms with Gasteiger partial charge in [-0.1, -0.05) is 36.4 Å². The summed E-state index contributed by atoms with van der Waals surface area (Å²) >= 11 is 0.